The Kier molecular flexibility index (Phi) is 3.54. The van der Waals surface area contributed by atoms with Crippen LogP contribution in [0.4, 0.5) is 0 Å². The lowest BCUT2D eigenvalue weighted by Gasteiger charge is -2.17. The number of benzene rings is 2. The van der Waals surface area contributed by atoms with Crippen molar-refractivity contribution in [1.29, 1.82) is 0 Å². The molecule has 20 heavy (non-hydrogen) atoms. The van der Waals surface area contributed by atoms with Crippen LogP contribution in [-0.2, 0) is 0 Å². The molecule has 0 amide bonds. The van der Waals surface area contributed by atoms with E-state index >= 15 is 0 Å². The highest BCUT2D eigenvalue weighted by atomic mass is 79.9. The molecule has 5 heteroatoms. The molecule has 0 saturated heterocycles. The Labute approximate surface area is 125 Å². The molecule has 0 radical (unpaired) electrons. The molecular formula is C15H14BrNO3. The molecule has 0 aromatic heterocycles. The average molecular weight is 336 g/mol. The van der Waals surface area contributed by atoms with Crippen molar-refractivity contribution in [2.24, 2.45) is 5.73 Å². The zero-order chi connectivity index (χ0) is 14.1. The molecule has 0 saturated carbocycles. The van der Waals surface area contributed by atoms with Crippen LogP contribution in [0.1, 0.15) is 17.2 Å². The first-order chi connectivity index (χ1) is 9.69. The van der Waals surface area contributed by atoms with Gasteiger partial charge < -0.3 is 19.9 Å². The minimum Gasteiger partial charge on any atom is -0.496 e. The van der Waals surface area contributed by atoms with Gasteiger partial charge in [-0.25, -0.2) is 0 Å². The van der Waals surface area contributed by atoms with E-state index < -0.39 is 0 Å². The first kappa shape index (κ1) is 13.3. The van der Waals surface area contributed by atoms with Crippen LogP contribution in [0, 0.1) is 0 Å². The molecule has 1 heterocycles. The second-order valence-electron chi connectivity index (χ2n) is 4.48. The zero-order valence-electron chi connectivity index (χ0n) is 10.9. The normalized spacial score (nSPS) is 14.2. The van der Waals surface area contributed by atoms with E-state index in [-0.39, 0.29) is 12.8 Å². The Morgan fingerprint density at radius 3 is 2.75 bits per heavy atom. The standard InChI is InChI=1S/C15H14BrNO3/c1-18-12-5-3-10(16)7-11(12)15(17)9-2-4-13-14(6-9)20-8-19-13/h2-7,15H,8,17H2,1H3. The highest BCUT2D eigenvalue weighted by Crippen LogP contribution is 2.37. The maximum Gasteiger partial charge on any atom is 0.231 e. The van der Waals surface area contributed by atoms with Crippen LogP contribution >= 0.6 is 15.9 Å². The summed E-state index contributed by atoms with van der Waals surface area (Å²) in [5.74, 6) is 2.24. The van der Waals surface area contributed by atoms with Crippen LogP contribution < -0.4 is 19.9 Å². The molecule has 2 aromatic carbocycles. The lowest BCUT2D eigenvalue weighted by molar-refractivity contribution is 0.174. The minimum absolute atomic E-state index is 0.258. The van der Waals surface area contributed by atoms with Gasteiger partial charge in [0.1, 0.15) is 5.75 Å². The van der Waals surface area contributed by atoms with Crippen molar-refractivity contribution < 1.29 is 14.2 Å². The molecule has 4 nitrogen and oxygen atoms in total. The van der Waals surface area contributed by atoms with Gasteiger partial charge in [0.2, 0.25) is 6.79 Å². The first-order valence-electron chi connectivity index (χ1n) is 6.17. The molecule has 2 N–H and O–H groups in total. The molecule has 0 aliphatic carbocycles. The number of ether oxygens (including phenoxy) is 3. The van der Waals surface area contributed by atoms with Crippen molar-refractivity contribution in [2.45, 2.75) is 6.04 Å². The Bertz CT molecular complexity index is 645. The summed E-state index contributed by atoms with van der Waals surface area (Å²) in [5.41, 5.74) is 8.23. The van der Waals surface area contributed by atoms with E-state index in [4.69, 9.17) is 19.9 Å². The predicted octanol–water partition coefficient (Wildman–Crippen LogP) is 3.23. The largest absolute Gasteiger partial charge is 0.496 e. The quantitative estimate of drug-likeness (QED) is 0.935. The van der Waals surface area contributed by atoms with Crippen molar-refractivity contribution in [3.05, 3.63) is 52.0 Å². The SMILES string of the molecule is COc1ccc(Br)cc1C(N)c1ccc2c(c1)OCO2. The Morgan fingerprint density at radius 2 is 1.95 bits per heavy atom. The van der Waals surface area contributed by atoms with Crippen molar-refractivity contribution in [3.63, 3.8) is 0 Å². The van der Waals surface area contributed by atoms with Crippen LogP contribution in [-0.4, -0.2) is 13.9 Å². The van der Waals surface area contributed by atoms with Crippen LogP contribution in [0.2, 0.25) is 0 Å². The average Bonchev–Trinajstić information content (AvgIpc) is 2.93. The first-order valence-corrected chi connectivity index (χ1v) is 6.97. The number of fused-ring (bicyclic) bond motifs is 1. The summed E-state index contributed by atoms with van der Waals surface area (Å²) in [6.45, 7) is 0.258. The molecule has 104 valence electrons. The highest BCUT2D eigenvalue weighted by Gasteiger charge is 2.19. The van der Waals surface area contributed by atoms with E-state index in [1.807, 2.05) is 36.4 Å². The second kappa shape index (κ2) is 5.34. The summed E-state index contributed by atoms with van der Waals surface area (Å²) in [5, 5.41) is 0. The molecule has 1 aliphatic rings. The summed E-state index contributed by atoms with van der Waals surface area (Å²) >= 11 is 3.46. The zero-order valence-corrected chi connectivity index (χ0v) is 12.5. The third kappa shape index (κ3) is 2.34. The third-order valence-electron chi connectivity index (χ3n) is 3.28. The second-order valence-corrected chi connectivity index (χ2v) is 5.39. The van der Waals surface area contributed by atoms with Gasteiger partial charge >= 0.3 is 0 Å². The van der Waals surface area contributed by atoms with Gasteiger partial charge in [0.25, 0.3) is 0 Å². The maximum atomic E-state index is 6.36. The van der Waals surface area contributed by atoms with E-state index in [1.165, 1.54) is 0 Å². The molecule has 0 spiro atoms. The van der Waals surface area contributed by atoms with Crippen LogP contribution in [0.15, 0.2) is 40.9 Å². The smallest absolute Gasteiger partial charge is 0.231 e. The Morgan fingerprint density at radius 1 is 1.15 bits per heavy atom. The van der Waals surface area contributed by atoms with E-state index in [0.29, 0.717) is 0 Å². The van der Waals surface area contributed by atoms with Crippen LogP contribution in [0.25, 0.3) is 0 Å². The maximum absolute atomic E-state index is 6.36. The molecule has 1 unspecified atom stereocenters. The molecule has 2 aromatic rings. The number of methoxy groups -OCH3 is 1. The number of halogens is 1. The molecule has 0 fully saturated rings. The molecule has 1 aliphatic heterocycles. The topological polar surface area (TPSA) is 53.7 Å². The number of rotatable bonds is 3. The van der Waals surface area contributed by atoms with Crippen molar-refractivity contribution >= 4 is 15.9 Å². The van der Waals surface area contributed by atoms with E-state index in [0.717, 1.165) is 32.8 Å². The third-order valence-corrected chi connectivity index (χ3v) is 3.78. The number of hydrogen-bond acceptors (Lipinski definition) is 4. The van der Waals surface area contributed by atoms with Crippen molar-refractivity contribution in [3.8, 4) is 17.2 Å². The van der Waals surface area contributed by atoms with Crippen LogP contribution in [0.5, 0.6) is 17.2 Å². The number of nitrogens with two attached hydrogens (primary N) is 1. The van der Waals surface area contributed by atoms with Gasteiger partial charge in [-0.1, -0.05) is 22.0 Å². The predicted molar refractivity (Wildman–Crippen MR) is 79.3 cm³/mol. The fraction of sp³-hybridized carbons (Fsp3) is 0.200. The Balaban J connectivity index is 2.00. The lowest BCUT2D eigenvalue weighted by Crippen LogP contribution is -2.13. The van der Waals surface area contributed by atoms with E-state index in [2.05, 4.69) is 15.9 Å². The van der Waals surface area contributed by atoms with Gasteiger partial charge in [-0.2, -0.15) is 0 Å². The summed E-state index contributed by atoms with van der Waals surface area (Å²) < 4.78 is 17.0. The van der Waals surface area contributed by atoms with Crippen molar-refractivity contribution in [2.75, 3.05) is 13.9 Å². The Hall–Kier alpha value is -1.72. The molecule has 0 bridgehead atoms. The number of hydrogen-bond donors (Lipinski definition) is 1. The van der Waals surface area contributed by atoms with Gasteiger partial charge in [0.05, 0.1) is 13.2 Å². The van der Waals surface area contributed by atoms with E-state index in [9.17, 15) is 0 Å². The fourth-order valence-corrected chi connectivity index (χ4v) is 2.61. The van der Waals surface area contributed by atoms with Gasteiger partial charge in [-0.05, 0) is 35.9 Å². The fourth-order valence-electron chi connectivity index (χ4n) is 2.23. The highest BCUT2D eigenvalue weighted by molar-refractivity contribution is 9.10. The monoisotopic (exact) mass is 335 g/mol. The van der Waals surface area contributed by atoms with Crippen molar-refractivity contribution in [1.82, 2.24) is 0 Å². The summed E-state index contributed by atoms with van der Waals surface area (Å²) in [7, 11) is 1.64. The summed E-state index contributed by atoms with van der Waals surface area (Å²) in [6, 6.07) is 11.2. The summed E-state index contributed by atoms with van der Waals surface area (Å²) in [6.07, 6.45) is 0. The van der Waals surface area contributed by atoms with Gasteiger partial charge in [0, 0.05) is 10.0 Å². The minimum atomic E-state index is -0.294. The molecular weight excluding hydrogens is 322 g/mol. The molecule has 1 atom stereocenters. The summed E-state index contributed by atoms with van der Waals surface area (Å²) in [4.78, 5) is 0. The van der Waals surface area contributed by atoms with E-state index in [1.54, 1.807) is 7.11 Å². The van der Waals surface area contributed by atoms with Gasteiger partial charge in [0.15, 0.2) is 11.5 Å². The van der Waals surface area contributed by atoms with Gasteiger partial charge in [-0.3, -0.25) is 0 Å². The lowest BCUT2D eigenvalue weighted by atomic mass is 9.98. The van der Waals surface area contributed by atoms with Crippen LogP contribution in [0.3, 0.4) is 0 Å². The van der Waals surface area contributed by atoms with Gasteiger partial charge in [-0.15, -0.1) is 0 Å². The molecule has 3 rings (SSSR count).